The highest BCUT2D eigenvalue weighted by molar-refractivity contribution is 6.80. The second kappa shape index (κ2) is 10.5. The number of amides is 1. The standard InChI is InChI=1S/C27H36NO4Si/c1-27(2,3)20-13-15-22(16-14-20)33(21-10-6-5-7-11-21)31-19-23-24(18-25(29)28(23)4)32-26-12-8-9-17-30-26/h5-7,10-11,13-16,23-24,26H,8-9,12,17-19H2,1-4H3/t23-,24-,26-/m1/s1. The molecule has 1 radical (unpaired) electrons. The lowest BCUT2D eigenvalue weighted by atomic mass is 9.87. The monoisotopic (exact) mass is 466 g/mol. The molecule has 0 bridgehead atoms. The number of benzene rings is 2. The van der Waals surface area contributed by atoms with Gasteiger partial charge in [0.1, 0.15) is 0 Å². The maximum absolute atomic E-state index is 12.5. The fourth-order valence-corrected chi connectivity index (χ4v) is 6.44. The molecule has 0 N–H and O–H groups in total. The van der Waals surface area contributed by atoms with Gasteiger partial charge in [-0.15, -0.1) is 0 Å². The van der Waals surface area contributed by atoms with Gasteiger partial charge in [-0.2, -0.15) is 0 Å². The summed E-state index contributed by atoms with van der Waals surface area (Å²) in [6.07, 6.45) is 3.04. The van der Waals surface area contributed by atoms with Crippen LogP contribution in [0.3, 0.4) is 0 Å². The molecule has 0 unspecified atom stereocenters. The summed E-state index contributed by atoms with van der Waals surface area (Å²) >= 11 is 0. The fourth-order valence-electron chi connectivity index (χ4n) is 4.47. The third-order valence-corrected chi connectivity index (χ3v) is 8.78. The molecule has 2 heterocycles. The van der Waals surface area contributed by atoms with E-state index in [1.165, 1.54) is 15.9 Å². The molecule has 2 aliphatic rings. The molecule has 4 rings (SSSR count). The van der Waals surface area contributed by atoms with E-state index < -0.39 is 9.04 Å². The van der Waals surface area contributed by atoms with E-state index in [-0.39, 0.29) is 29.8 Å². The summed E-state index contributed by atoms with van der Waals surface area (Å²) in [6, 6.07) is 19.1. The Morgan fingerprint density at radius 1 is 1.03 bits per heavy atom. The van der Waals surface area contributed by atoms with Crippen LogP contribution in [0.5, 0.6) is 0 Å². The summed E-state index contributed by atoms with van der Waals surface area (Å²) in [5, 5.41) is 2.41. The molecule has 6 heteroatoms. The van der Waals surface area contributed by atoms with Gasteiger partial charge < -0.3 is 18.8 Å². The molecule has 2 aliphatic heterocycles. The number of likely N-dealkylation sites (tertiary alicyclic amines) is 1. The molecule has 1 amide bonds. The summed E-state index contributed by atoms with van der Waals surface area (Å²) in [5.74, 6) is 0.104. The minimum atomic E-state index is -1.47. The van der Waals surface area contributed by atoms with Crippen molar-refractivity contribution in [1.82, 2.24) is 4.90 Å². The summed E-state index contributed by atoms with van der Waals surface area (Å²) in [7, 11) is 0.387. The minimum absolute atomic E-state index is 0.104. The van der Waals surface area contributed by atoms with Gasteiger partial charge in [0.05, 0.1) is 25.2 Å². The van der Waals surface area contributed by atoms with E-state index in [2.05, 4.69) is 69.3 Å². The predicted octanol–water partition coefficient (Wildman–Crippen LogP) is 3.25. The van der Waals surface area contributed by atoms with E-state index in [1.54, 1.807) is 4.90 Å². The zero-order chi connectivity index (χ0) is 23.4. The van der Waals surface area contributed by atoms with Crippen LogP contribution in [-0.4, -0.2) is 58.5 Å². The Bertz CT molecular complexity index is 906. The number of carbonyl (C=O) groups excluding carboxylic acids is 1. The van der Waals surface area contributed by atoms with Gasteiger partial charge in [-0.1, -0.05) is 75.4 Å². The first-order valence-electron chi connectivity index (χ1n) is 12.0. The zero-order valence-corrected chi connectivity index (χ0v) is 21.3. The third kappa shape index (κ3) is 5.93. The van der Waals surface area contributed by atoms with E-state index in [0.717, 1.165) is 25.9 Å². The summed E-state index contributed by atoms with van der Waals surface area (Å²) in [5.41, 5.74) is 1.42. The molecular weight excluding hydrogens is 430 g/mol. The van der Waals surface area contributed by atoms with Crippen molar-refractivity contribution in [3.63, 3.8) is 0 Å². The van der Waals surface area contributed by atoms with Crippen molar-refractivity contribution in [3.8, 4) is 0 Å². The van der Waals surface area contributed by atoms with Gasteiger partial charge >= 0.3 is 0 Å². The van der Waals surface area contributed by atoms with Crippen molar-refractivity contribution < 1.29 is 18.7 Å². The van der Waals surface area contributed by atoms with Crippen LogP contribution in [0, 0.1) is 0 Å². The molecule has 3 atom stereocenters. The Morgan fingerprint density at radius 2 is 1.73 bits per heavy atom. The predicted molar refractivity (Wildman–Crippen MR) is 132 cm³/mol. The van der Waals surface area contributed by atoms with Crippen molar-refractivity contribution in [2.75, 3.05) is 20.3 Å². The molecule has 33 heavy (non-hydrogen) atoms. The lowest BCUT2D eigenvalue weighted by molar-refractivity contribution is -0.193. The van der Waals surface area contributed by atoms with E-state index >= 15 is 0 Å². The van der Waals surface area contributed by atoms with Crippen LogP contribution >= 0.6 is 0 Å². The van der Waals surface area contributed by atoms with Crippen LogP contribution in [-0.2, 0) is 24.1 Å². The van der Waals surface area contributed by atoms with Gasteiger partial charge in [0, 0.05) is 13.7 Å². The van der Waals surface area contributed by atoms with Crippen LogP contribution in [0.25, 0.3) is 0 Å². The van der Waals surface area contributed by atoms with E-state index in [4.69, 9.17) is 13.9 Å². The van der Waals surface area contributed by atoms with Crippen LogP contribution in [0.15, 0.2) is 54.6 Å². The van der Waals surface area contributed by atoms with Crippen LogP contribution in [0.4, 0.5) is 0 Å². The van der Waals surface area contributed by atoms with Crippen molar-refractivity contribution in [1.29, 1.82) is 0 Å². The molecule has 5 nitrogen and oxygen atoms in total. The number of rotatable bonds is 7. The Kier molecular flexibility index (Phi) is 7.69. The first kappa shape index (κ1) is 24.1. The molecule has 0 spiro atoms. The zero-order valence-electron chi connectivity index (χ0n) is 20.3. The first-order valence-corrected chi connectivity index (χ1v) is 13.4. The van der Waals surface area contributed by atoms with Crippen LogP contribution in [0.2, 0.25) is 0 Å². The van der Waals surface area contributed by atoms with Gasteiger partial charge in [0.15, 0.2) is 6.29 Å². The highest BCUT2D eigenvalue weighted by atomic mass is 28.3. The van der Waals surface area contributed by atoms with E-state index in [0.29, 0.717) is 13.0 Å². The molecule has 2 aromatic rings. The summed E-state index contributed by atoms with van der Waals surface area (Å²) in [4.78, 5) is 14.3. The molecule has 2 fully saturated rings. The Hall–Kier alpha value is -1.99. The average Bonchev–Trinajstić information content (AvgIpc) is 3.07. The van der Waals surface area contributed by atoms with Gasteiger partial charge in [-0.05, 0) is 40.6 Å². The molecule has 0 aromatic heterocycles. The lowest BCUT2D eigenvalue weighted by Gasteiger charge is -2.31. The molecule has 0 aliphatic carbocycles. The van der Waals surface area contributed by atoms with Crippen LogP contribution < -0.4 is 10.4 Å². The fraction of sp³-hybridized carbons (Fsp3) is 0.519. The van der Waals surface area contributed by atoms with Gasteiger partial charge in [0.2, 0.25) is 5.91 Å². The van der Waals surface area contributed by atoms with Gasteiger partial charge in [-0.3, -0.25) is 4.79 Å². The second-order valence-electron chi connectivity index (χ2n) is 10.1. The molecule has 0 saturated carbocycles. The van der Waals surface area contributed by atoms with Crippen molar-refractivity contribution in [2.24, 2.45) is 0 Å². The van der Waals surface area contributed by atoms with E-state index in [9.17, 15) is 4.79 Å². The van der Waals surface area contributed by atoms with E-state index in [1.807, 2.05) is 13.1 Å². The second-order valence-corrected chi connectivity index (χ2v) is 12.2. The Labute approximate surface area is 199 Å². The summed E-state index contributed by atoms with van der Waals surface area (Å²) in [6.45, 7) is 7.86. The number of nitrogens with zero attached hydrogens (tertiary/aromatic N) is 1. The highest BCUT2D eigenvalue weighted by Crippen LogP contribution is 2.26. The lowest BCUT2D eigenvalue weighted by Crippen LogP contribution is -2.49. The topological polar surface area (TPSA) is 48.0 Å². The first-order chi connectivity index (χ1) is 15.8. The van der Waals surface area contributed by atoms with Crippen molar-refractivity contribution >= 4 is 25.3 Å². The van der Waals surface area contributed by atoms with Crippen LogP contribution in [0.1, 0.15) is 52.0 Å². The number of hydrogen-bond acceptors (Lipinski definition) is 4. The third-order valence-electron chi connectivity index (χ3n) is 6.61. The van der Waals surface area contributed by atoms with Gasteiger partial charge in [-0.25, -0.2) is 0 Å². The number of carbonyl (C=O) groups is 1. The molecule has 2 saturated heterocycles. The number of ether oxygens (including phenoxy) is 2. The normalized spacial score (nSPS) is 24.0. The molecule has 177 valence electrons. The SMILES string of the molecule is CN1C(=O)C[C@@H](O[C@@H]2CCCCO2)[C@H]1CO[Si](c1ccccc1)c1ccc(C(C)(C)C)cc1. The average molecular weight is 467 g/mol. The molecule has 2 aromatic carbocycles. The van der Waals surface area contributed by atoms with Crippen molar-refractivity contribution in [2.45, 2.75) is 70.3 Å². The molecular formula is C27H36NO4Si. The smallest absolute Gasteiger partial charge is 0.282 e. The van der Waals surface area contributed by atoms with Gasteiger partial charge in [0.25, 0.3) is 9.04 Å². The van der Waals surface area contributed by atoms with Crippen molar-refractivity contribution in [3.05, 3.63) is 60.2 Å². The number of hydrogen-bond donors (Lipinski definition) is 0. The largest absolute Gasteiger partial charge is 0.405 e. The maximum Gasteiger partial charge on any atom is 0.282 e. The highest BCUT2D eigenvalue weighted by Gasteiger charge is 2.40. The minimum Gasteiger partial charge on any atom is -0.405 e. The maximum atomic E-state index is 12.5. The number of likely N-dealkylation sites (N-methyl/N-ethyl adjacent to an activating group) is 1. The summed E-state index contributed by atoms with van der Waals surface area (Å²) < 4.78 is 18.7. The Balaban J connectivity index is 1.51. The Morgan fingerprint density at radius 3 is 2.36 bits per heavy atom. The quantitative estimate of drug-likeness (QED) is 0.588.